The molecule has 0 atom stereocenters. The van der Waals surface area contributed by atoms with Gasteiger partial charge in [0.1, 0.15) is 37.3 Å². The van der Waals surface area contributed by atoms with Gasteiger partial charge in [-0.1, -0.05) is 57.2 Å². The van der Waals surface area contributed by atoms with E-state index in [-0.39, 0.29) is 66.5 Å². The topological polar surface area (TPSA) is 154 Å². The van der Waals surface area contributed by atoms with E-state index >= 15 is 0 Å². The normalized spacial score (nSPS) is 11.8. The number of hydrogen-bond acceptors (Lipinski definition) is 9. The Hall–Kier alpha value is -7.29. The molecule has 12 nitrogen and oxygen atoms in total. The number of aromatic nitrogens is 3. The molecule has 1 aliphatic carbocycles. The lowest BCUT2D eigenvalue weighted by Gasteiger charge is -2.18. The van der Waals surface area contributed by atoms with Crippen molar-refractivity contribution in [3.63, 3.8) is 0 Å². The number of aryl methyl sites for hydroxylation is 1. The van der Waals surface area contributed by atoms with Crippen molar-refractivity contribution in [1.29, 1.82) is 0 Å². The molecule has 3 aromatic heterocycles. The molecule has 0 radical (unpaired) electrons. The monoisotopic (exact) mass is 932 g/mol. The predicted molar refractivity (Wildman–Crippen MR) is 254 cm³/mol. The fourth-order valence-electron chi connectivity index (χ4n) is 6.06. The Balaban J connectivity index is 0.000000191. The minimum atomic E-state index is -0.301. The SMILES string of the molecule is CC(C)NC(=O)c1ccc(OCc2cccc(F)c2)nc1.Cc1nc(OCc2cccc(F)c2)ccc1C(=O)NCCC(C)(C)C.O=C(NCC1CC1)c1ccc(OCc2cccc(F)c2)nc1. The van der Waals surface area contributed by atoms with E-state index in [2.05, 4.69) is 51.7 Å². The molecule has 7 rings (SSSR count). The molecule has 1 fully saturated rings. The Morgan fingerprint density at radius 3 is 1.51 bits per heavy atom. The van der Waals surface area contributed by atoms with Crippen molar-refractivity contribution in [2.24, 2.45) is 11.3 Å². The summed E-state index contributed by atoms with van der Waals surface area (Å²) in [6.45, 7) is 14.0. The quantitative estimate of drug-likeness (QED) is 0.0811. The van der Waals surface area contributed by atoms with Gasteiger partial charge in [-0.2, -0.15) is 0 Å². The summed E-state index contributed by atoms with van der Waals surface area (Å²) in [4.78, 5) is 48.3. The van der Waals surface area contributed by atoms with Crippen molar-refractivity contribution in [1.82, 2.24) is 30.9 Å². The van der Waals surface area contributed by atoms with Crippen molar-refractivity contribution in [2.45, 2.75) is 86.7 Å². The van der Waals surface area contributed by atoms with Gasteiger partial charge in [0.25, 0.3) is 17.7 Å². The Morgan fingerprint density at radius 2 is 1.10 bits per heavy atom. The van der Waals surface area contributed by atoms with Gasteiger partial charge in [-0.05, 0) is 123 Å². The number of amides is 3. The number of benzene rings is 3. The van der Waals surface area contributed by atoms with E-state index in [1.807, 2.05) is 13.8 Å². The highest BCUT2D eigenvalue weighted by molar-refractivity contribution is 5.95. The van der Waals surface area contributed by atoms with Crippen LogP contribution >= 0.6 is 0 Å². The van der Waals surface area contributed by atoms with E-state index in [0.29, 0.717) is 52.5 Å². The number of carbonyl (C=O) groups is 3. The maximum absolute atomic E-state index is 13.2. The third kappa shape index (κ3) is 18.9. The Bertz CT molecular complexity index is 2570. The predicted octanol–water partition coefficient (Wildman–Crippen LogP) is 10.2. The van der Waals surface area contributed by atoms with Crippen LogP contribution < -0.4 is 30.2 Å². The summed E-state index contributed by atoms with van der Waals surface area (Å²) in [6.07, 6.45) is 6.25. The summed E-state index contributed by atoms with van der Waals surface area (Å²) in [6, 6.07) is 28.6. The second-order valence-electron chi connectivity index (χ2n) is 17.7. The van der Waals surface area contributed by atoms with Gasteiger partial charge in [0, 0.05) is 49.7 Å². The number of pyridine rings is 3. The smallest absolute Gasteiger partial charge is 0.253 e. The highest BCUT2D eigenvalue weighted by Gasteiger charge is 2.22. The molecule has 68 heavy (non-hydrogen) atoms. The van der Waals surface area contributed by atoms with Crippen LogP contribution in [0.1, 0.15) is 107 Å². The van der Waals surface area contributed by atoms with Gasteiger partial charge in [-0.3, -0.25) is 14.4 Å². The van der Waals surface area contributed by atoms with E-state index in [4.69, 9.17) is 14.2 Å². The van der Waals surface area contributed by atoms with Crippen LogP contribution in [-0.2, 0) is 19.8 Å². The van der Waals surface area contributed by atoms with Crippen LogP contribution in [0.15, 0.2) is 122 Å². The van der Waals surface area contributed by atoms with Crippen molar-refractivity contribution in [3.05, 3.63) is 178 Å². The first-order valence-electron chi connectivity index (χ1n) is 22.4. The minimum absolute atomic E-state index is 0.0707. The van der Waals surface area contributed by atoms with Crippen LogP contribution in [0.2, 0.25) is 0 Å². The van der Waals surface area contributed by atoms with Gasteiger partial charge in [0.05, 0.1) is 22.4 Å². The van der Waals surface area contributed by atoms with Gasteiger partial charge in [-0.25, -0.2) is 28.1 Å². The molecule has 0 aliphatic heterocycles. The van der Waals surface area contributed by atoms with Crippen LogP contribution in [0.3, 0.4) is 0 Å². The largest absolute Gasteiger partial charge is 0.473 e. The highest BCUT2D eigenvalue weighted by Crippen LogP contribution is 2.27. The molecular weight excluding hydrogens is 874 g/mol. The van der Waals surface area contributed by atoms with Crippen molar-refractivity contribution < 1.29 is 41.8 Å². The van der Waals surface area contributed by atoms with Crippen molar-refractivity contribution in [3.8, 4) is 17.6 Å². The summed E-state index contributed by atoms with van der Waals surface area (Å²) in [5.74, 6) is 0.535. The Labute approximate surface area is 396 Å². The van der Waals surface area contributed by atoms with Gasteiger partial charge < -0.3 is 30.2 Å². The molecule has 3 amide bonds. The standard InChI is InChI=1S/C20H25FN2O2.C17H17FN2O2.C16H17FN2O2/c1-14-17(19(24)22-11-10-20(2,3)4)8-9-18(23-14)25-13-15-6-5-7-16(21)12-15;18-15-3-1-2-13(8-15)11-22-16-7-6-14(10-19-16)17(21)20-9-12-4-5-12;1-11(2)19-16(20)13-6-7-15(18-9-13)21-10-12-4-3-5-14(17)8-12/h5-9,12H,10-11,13H2,1-4H3,(H,22,24);1-3,6-8,10,12H,4-5,9,11H2,(H,20,21);3-9,11H,10H2,1-2H3,(H,19,20). The molecule has 1 aliphatic rings. The Kier molecular flexibility index (Phi) is 19.4. The van der Waals surface area contributed by atoms with E-state index in [9.17, 15) is 27.6 Å². The number of rotatable bonds is 17. The Morgan fingerprint density at radius 1 is 0.632 bits per heavy atom. The van der Waals surface area contributed by atoms with Crippen LogP contribution in [0.25, 0.3) is 0 Å². The summed E-state index contributed by atoms with van der Waals surface area (Å²) in [7, 11) is 0. The number of hydrogen-bond donors (Lipinski definition) is 3. The summed E-state index contributed by atoms with van der Waals surface area (Å²) in [5, 5.41) is 8.58. The third-order valence-electron chi connectivity index (χ3n) is 9.96. The molecule has 0 spiro atoms. The average molecular weight is 933 g/mol. The fourth-order valence-corrected chi connectivity index (χ4v) is 6.06. The first kappa shape index (κ1) is 51.7. The van der Waals surface area contributed by atoms with Crippen LogP contribution in [-0.4, -0.2) is 51.8 Å². The summed E-state index contributed by atoms with van der Waals surface area (Å²) >= 11 is 0. The van der Waals surface area contributed by atoms with Crippen LogP contribution in [0.4, 0.5) is 13.2 Å². The minimum Gasteiger partial charge on any atom is -0.473 e. The molecule has 15 heteroatoms. The molecular formula is C53H59F3N6O6. The first-order valence-corrected chi connectivity index (χ1v) is 22.4. The lowest BCUT2D eigenvalue weighted by molar-refractivity contribution is 0.0936. The lowest BCUT2D eigenvalue weighted by Crippen LogP contribution is -2.30. The van der Waals surface area contributed by atoms with Gasteiger partial charge >= 0.3 is 0 Å². The second-order valence-corrected chi connectivity index (χ2v) is 17.7. The van der Waals surface area contributed by atoms with E-state index < -0.39 is 0 Å². The van der Waals surface area contributed by atoms with Gasteiger partial charge in [0.15, 0.2) is 0 Å². The number of ether oxygens (including phenoxy) is 3. The molecule has 0 unspecified atom stereocenters. The zero-order valence-electron chi connectivity index (χ0n) is 39.3. The maximum Gasteiger partial charge on any atom is 0.253 e. The summed E-state index contributed by atoms with van der Waals surface area (Å²) < 4.78 is 55.7. The van der Waals surface area contributed by atoms with Gasteiger partial charge in [-0.15, -0.1) is 0 Å². The maximum atomic E-state index is 13.2. The average Bonchev–Trinajstić information content (AvgIpc) is 4.14. The molecule has 0 bridgehead atoms. The van der Waals surface area contributed by atoms with Crippen molar-refractivity contribution in [2.75, 3.05) is 13.1 Å². The number of nitrogens with zero attached hydrogens (tertiary/aromatic N) is 3. The number of nitrogens with one attached hydrogen (secondary N) is 3. The molecule has 358 valence electrons. The third-order valence-corrected chi connectivity index (χ3v) is 9.96. The molecule has 3 N–H and O–H groups in total. The molecule has 3 heterocycles. The fraction of sp³-hybridized carbons (Fsp3) is 0.321. The molecule has 1 saturated carbocycles. The lowest BCUT2D eigenvalue weighted by atomic mass is 9.92. The molecule has 0 saturated heterocycles. The number of carbonyl (C=O) groups excluding carboxylic acids is 3. The zero-order valence-corrected chi connectivity index (χ0v) is 39.3. The van der Waals surface area contributed by atoms with E-state index in [0.717, 1.165) is 29.7 Å². The zero-order chi connectivity index (χ0) is 49.1. The van der Waals surface area contributed by atoms with Gasteiger partial charge in [0.2, 0.25) is 17.6 Å². The molecule has 3 aromatic carbocycles. The first-order chi connectivity index (χ1) is 32.5. The van der Waals surface area contributed by atoms with E-state index in [1.54, 1.807) is 79.7 Å². The second kappa shape index (κ2) is 25.6. The summed E-state index contributed by atoms with van der Waals surface area (Å²) in [5.41, 5.74) is 4.47. The van der Waals surface area contributed by atoms with Crippen molar-refractivity contribution >= 4 is 17.7 Å². The molecule has 6 aromatic rings. The number of halogens is 3. The van der Waals surface area contributed by atoms with Crippen LogP contribution in [0, 0.1) is 35.7 Å². The van der Waals surface area contributed by atoms with Crippen LogP contribution in [0.5, 0.6) is 17.6 Å². The highest BCUT2D eigenvalue weighted by atomic mass is 19.1. The van der Waals surface area contributed by atoms with E-state index in [1.165, 1.54) is 61.6 Å².